The van der Waals surface area contributed by atoms with Gasteiger partial charge in [-0.3, -0.25) is 9.59 Å². The summed E-state index contributed by atoms with van der Waals surface area (Å²) in [4.78, 5) is 29.5. The van der Waals surface area contributed by atoms with Crippen molar-refractivity contribution < 1.29 is 14.7 Å². The molecule has 5 heteroatoms. The number of nitrogens with one attached hydrogen (secondary N) is 1. The Hall–Kier alpha value is -2.40. The van der Waals surface area contributed by atoms with Gasteiger partial charge in [0.15, 0.2) is 5.78 Å². The van der Waals surface area contributed by atoms with Crippen LogP contribution in [-0.2, 0) is 0 Å². The first kappa shape index (κ1) is 16.5. The number of nitrogens with zero attached hydrogens (tertiary/aromatic N) is 1. The van der Waals surface area contributed by atoms with Crippen LogP contribution in [0.2, 0.25) is 0 Å². The molecule has 1 atom stereocenters. The summed E-state index contributed by atoms with van der Waals surface area (Å²) in [5.41, 5.74) is 1.77. The second-order valence-corrected chi connectivity index (χ2v) is 6.38. The maximum Gasteiger partial charge on any atom is 0.253 e. The Balaban J connectivity index is 1.65. The summed E-state index contributed by atoms with van der Waals surface area (Å²) < 4.78 is 0. The minimum atomic E-state index is -0.319. The van der Waals surface area contributed by atoms with Crippen LogP contribution in [0.25, 0.3) is 0 Å². The van der Waals surface area contributed by atoms with Crippen molar-refractivity contribution in [3.8, 4) is 0 Å². The minimum absolute atomic E-state index is 0.0142. The number of carbonyl (C=O) groups excluding carboxylic acids is 2. The number of likely N-dealkylation sites (tertiary alicyclic amines) is 1. The number of ketones is 1. The van der Waals surface area contributed by atoms with Gasteiger partial charge in [-0.1, -0.05) is 12.1 Å². The average Bonchev–Trinajstić information content (AvgIpc) is 3.15. The molecule has 5 nitrogen and oxygen atoms in total. The van der Waals surface area contributed by atoms with Crippen LogP contribution < -0.4 is 0 Å². The van der Waals surface area contributed by atoms with E-state index in [1.807, 2.05) is 11.8 Å². The van der Waals surface area contributed by atoms with Crippen molar-refractivity contribution in [2.45, 2.75) is 25.9 Å². The summed E-state index contributed by atoms with van der Waals surface area (Å²) in [5, 5.41) is 9.64. The lowest BCUT2D eigenvalue weighted by atomic mass is 9.92. The molecule has 0 radical (unpaired) electrons. The van der Waals surface area contributed by atoms with E-state index in [0.29, 0.717) is 29.8 Å². The molecule has 1 aliphatic heterocycles. The van der Waals surface area contributed by atoms with Gasteiger partial charge in [0.2, 0.25) is 0 Å². The Morgan fingerprint density at radius 2 is 1.71 bits per heavy atom. The van der Waals surface area contributed by atoms with E-state index in [1.165, 1.54) is 0 Å². The van der Waals surface area contributed by atoms with Crippen LogP contribution >= 0.6 is 0 Å². The number of carbonyl (C=O) groups is 2. The van der Waals surface area contributed by atoms with E-state index in [9.17, 15) is 14.7 Å². The molecule has 1 amide bonds. The second kappa shape index (κ2) is 7.01. The monoisotopic (exact) mass is 326 g/mol. The summed E-state index contributed by atoms with van der Waals surface area (Å²) in [7, 11) is 0. The fourth-order valence-electron chi connectivity index (χ4n) is 3.16. The lowest BCUT2D eigenvalue weighted by Crippen LogP contribution is -2.40. The third-order valence-electron chi connectivity index (χ3n) is 4.76. The molecular formula is C19H22N2O3. The van der Waals surface area contributed by atoms with Crippen molar-refractivity contribution >= 4 is 11.7 Å². The highest BCUT2D eigenvalue weighted by Crippen LogP contribution is 2.22. The molecule has 2 N–H and O–H groups in total. The van der Waals surface area contributed by atoms with E-state index in [-0.39, 0.29) is 23.7 Å². The molecule has 1 aliphatic rings. The molecule has 1 aromatic carbocycles. The van der Waals surface area contributed by atoms with Crippen LogP contribution in [0.15, 0.2) is 42.7 Å². The molecule has 3 rings (SSSR count). The Bertz CT molecular complexity index is 697. The van der Waals surface area contributed by atoms with Crippen LogP contribution in [0.5, 0.6) is 0 Å². The molecule has 1 aromatic heterocycles. The highest BCUT2D eigenvalue weighted by atomic mass is 16.3. The summed E-state index contributed by atoms with van der Waals surface area (Å²) in [5.74, 6) is 0.197. The zero-order valence-electron chi connectivity index (χ0n) is 13.7. The van der Waals surface area contributed by atoms with E-state index in [0.717, 1.165) is 12.8 Å². The van der Waals surface area contributed by atoms with Crippen LogP contribution in [0.3, 0.4) is 0 Å². The second-order valence-electron chi connectivity index (χ2n) is 6.38. The quantitative estimate of drug-likeness (QED) is 0.848. The molecule has 0 bridgehead atoms. The van der Waals surface area contributed by atoms with Crippen molar-refractivity contribution in [3.63, 3.8) is 0 Å². The molecule has 2 heterocycles. The molecule has 0 saturated carbocycles. The van der Waals surface area contributed by atoms with Crippen molar-refractivity contribution in [2.75, 3.05) is 13.1 Å². The predicted octanol–water partition coefficient (Wildman–Crippen LogP) is 2.48. The molecule has 0 aliphatic carbocycles. The van der Waals surface area contributed by atoms with Crippen molar-refractivity contribution in [2.24, 2.45) is 5.92 Å². The van der Waals surface area contributed by atoms with Crippen molar-refractivity contribution in [1.82, 2.24) is 9.88 Å². The number of H-pyrrole nitrogens is 1. The molecule has 2 aromatic rings. The van der Waals surface area contributed by atoms with Gasteiger partial charge in [-0.05, 0) is 43.9 Å². The number of aromatic nitrogens is 1. The number of aromatic amines is 1. The highest BCUT2D eigenvalue weighted by Gasteiger charge is 2.26. The standard InChI is InChI=1S/C19H22N2O3/c1-13(22)14-7-10-21(11-8-14)19(24)16-4-2-15(3-5-16)18(23)17-6-9-20-12-17/h2-6,9,12-14,20,22H,7-8,10-11H2,1H3. The van der Waals surface area contributed by atoms with E-state index >= 15 is 0 Å². The molecule has 126 valence electrons. The molecule has 0 spiro atoms. The highest BCUT2D eigenvalue weighted by molar-refractivity contribution is 6.09. The number of aliphatic hydroxyl groups excluding tert-OH is 1. The number of piperidine rings is 1. The number of hydrogen-bond acceptors (Lipinski definition) is 3. The molecule has 1 fully saturated rings. The summed E-state index contributed by atoms with van der Waals surface area (Å²) in [6.45, 7) is 3.14. The Labute approximate surface area is 141 Å². The summed E-state index contributed by atoms with van der Waals surface area (Å²) >= 11 is 0. The van der Waals surface area contributed by atoms with Gasteiger partial charge in [-0.2, -0.15) is 0 Å². The van der Waals surface area contributed by atoms with Gasteiger partial charge in [0.05, 0.1) is 6.10 Å². The van der Waals surface area contributed by atoms with Crippen molar-refractivity contribution in [3.05, 3.63) is 59.4 Å². The van der Waals surface area contributed by atoms with Gasteiger partial charge < -0.3 is 15.0 Å². The van der Waals surface area contributed by atoms with Gasteiger partial charge in [-0.25, -0.2) is 0 Å². The predicted molar refractivity (Wildman–Crippen MR) is 91.0 cm³/mol. The smallest absolute Gasteiger partial charge is 0.253 e. The number of aliphatic hydroxyl groups is 1. The molecule has 24 heavy (non-hydrogen) atoms. The van der Waals surface area contributed by atoms with Gasteiger partial charge in [-0.15, -0.1) is 0 Å². The lowest BCUT2D eigenvalue weighted by molar-refractivity contribution is 0.0521. The van der Waals surface area contributed by atoms with Crippen LogP contribution in [-0.4, -0.2) is 45.9 Å². The zero-order chi connectivity index (χ0) is 17.1. The third-order valence-corrected chi connectivity index (χ3v) is 4.76. The zero-order valence-corrected chi connectivity index (χ0v) is 13.7. The third kappa shape index (κ3) is 3.41. The van der Waals surface area contributed by atoms with Crippen molar-refractivity contribution in [1.29, 1.82) is 0 Å². The lowest BCUT2D eigenvalue weighted by Gasteiger charge is -2.33. The van der Waals surface area contributed by atoms with Crippen LogP contribution in [0.1, 0.15) is 46.0 Å². The van der Waals surface area contributed by atoms with Gasteiger partial charge in [0, 0.05) is 42.2 Å². The summed E-state index contributed by atoms with van der Waals surface area (Å²) in [6.07, 6.45) is 4.71. The fourth-order valence-corrected chi connectivity index (χ4v) is 3.16. The normalized spacial score (nSPS) is 16.8. The SMILES string of the molecule is CC(O)C1CCN(C(=O)c2ccc(C(=O)c3cc[nH]c3)cc2)CC1. The Morgan fingerprint density at radius 1 is 1.08 bits per heavy atom. The van der Waals surface area contributed by atoms with Gasteiger partial charge in [0.25, 0.3) is 5.91 Å². The number of benzene rings is 1. The maximum atomic E-state index is 12.6. The van der Waals surface area contributed by atoms with Crippen LogP contribution in [0, 0.1) is 5.92 Å². The minimum Gasteiger partial charge on any atom is -0.393 e. The molecular weight excluding hydrogens is 304 g/mol. The van der Waals surface area contributed by atoms with Crippen LogP contribution in [0.4, 0.5) is 0 Å². The topological polar surface area (TPSA) is 73.4 Å². The maximum absolute atomic E-state index is 12.6. The van der Waals surface area contributed by atoms with E-state index in [1.54, 1.807) is 42.7 Å². The number of amides is 1. The summed E-state index contributed by atoms with van der Waals surface area (Å²) in [6, 6.07) is 8.55. The Morgan fingerprint density at radius 3 is 2.25 bits per heavy atom. The first-order chi connectivity index (χ1) is 11.6. The average molecular weight is 326 g/mol. The van der Waals surface area contributed by atoms with E-state index in [2.05, 4.69) is 4.98 Å². The van der Waals surface area contributed by atoms with Gasteiger partial charge in [0.1, 0.15) is 0 Å². The first-order valence-electron chi connectivity index (χ1n) is 8.31. The number of rotatable bonds is 4. The Kier molecular flexibility index (Phi) is 4.81. The van der Waals surface area contributed by atoms with Gasteiger partial charge >= 0.3 is 0 Å². The first-order valence-corrected chi connectivity index (χ1v) is 8.31. The largest absolute Gasteiger partial charge is 0.393 e. The van der Waals surface area contributed by atoms with E-state index < -0.39 is 0 Å². The molecule has 1 saturated heterocycles. The fraction of sp³-hybridized carbons (Fsp3) is 0.368. The van der Waals surface area contributed by atoms with E-state index in [4.69, 9.17) is 0 Å². The number of hydrogen-bond donors (Lipinski definition) is 2. The molecule has 1 unspecified atom stereocenters.